The average Bonchev–Trinajstić information content (AvgIpc) is 3.32. The van der Waals surface area contributed by atoms with Crippen molar-refractivity contribution >= 4 is 33.2 Å². The molecule has 0 aliphatic heterocycles. The summed E-state index contributed by atoms with van der Waals surface area (Å²) in [6.45, 7) is 1.77. The van der Waals surface area contributed by atoms with E-state index in [9.17, 15) is 13.2 Å². The number of aromatic nitrogens is 2. The number of nitrogens with one attached hydrogen (secondary N) is 1. The fourth-order valence-corrected chi connectivity index (χ4v) is 5.16. The van der Waals surface area contributed by atoms with E-state index in [2.05, 4.69) is 10.3 Å². The molecule has 1 amide bonds. The van der Waals surface area contributed by atoms with Gasteiger partial charge >= 0.3 is 0 Å². The van der Waals surface area contributed by atoms with Crippen molar-refractivity contribution in [1.82, 2.24) is 14.9 Å². The molecule has 0 bridgehead atoms. The molecule has 1 N–H and O–H groups in total. The Labute approximate surface area is 215 Å². The summed E-state index contributed by atoms with van der Waals surface area (Å²) in [5, 5.41) is 3.27. The predicted molar refractivity (Wildman–Crippen MR) is 139 cm³/mol. The van der Waals surface area contributed by atoms with E-state index in [1.54, 1.807) is 42.6 Å². The zero-order valence-corrected chi connectivity index (χ0v) is 21.3. The van der Waals surface area contributed by atoms with Gasteiger partial charge in [-0.3, -0.25) is 9.10 Å². The number of methoxy groups -OCH3 is 1. The van der Waals surface area contributed by atoms with Crippen LogP contribution < -0.4 is 14.4 Å². The monoisotopic (exact) mass is 524 g/mol. The number of amides is 1. The van der Waals surface area contributed by atoms with Gasteiger partial charge in [0.1, 0.15) is 18.1 Å². The molecule has 0 saturated carbocycles. The van der Waals surface area contributed by atoms with Gasteiger partial charge in [-0.25, -0.2) is 13.4 Å². The fraction of sp³-hybridized carbons (Fsp3) is 0.154. The Hall–Kier alpha value is -3.82. The van der Waals surface area contributed by atoms with Gasteiger partial charge in [0.2, 0.25) is 5.91 Å². The number of halogens is 1. The summed E-state index contributed by atoms with van der Waals surface area (Å²) >= 11 is 5.99. The summed E-state index contributed by atoms with van der Waals surface area (Å²) in [7, 11) is -2.54. The number of hydrogen-bond donors (Lipinski definition) is 1. The molecule has 0 unspecified atom stereocenters. The molecule has 0 saturated heterocycles. The van der Waals surface area contributed by atoms with Crippen molar-refractivity contribution < 1.29 is 17.9 Å². The van der Waals surface area contributed by atoms with Gasteiger partial charge < -0.3 is 14.6 Å². The van der Waals surface area contributed by atoms with Crippen LogP contribution in [-0.2, 0) is 21.4 Å². The summed E-state index contributed by atoms with van der Waals surface area (Å²) in [6.07, 6.45) is 3.61. The number of rotatable bonds is 9. The lowest BCUT2D eigenvalue weighted by Crippen LogP contribution is -2.40. The number of anilines is 1. The van der Waals surface area contributed by atoms with Gasteiger partial charge in [-0.2, -0.15) is 0 Å². The third-order valence-electron chi connectivity index (χ3n) is 5.58. The number of carbonyl (C=O) groups excluding carboxylic acids is 1. The largest absolute Gasteiger partial charge is 0.497 e. The predicted octanol–water partition coefficient (Wildman–Crippen LogP) is 4.35. The average molecular weight is 525 g/mol. The molecule has 1 heterocycles. The number of carbonyl (C=O) groups is 1. The first-order valence-corrected chi connectivity index (χ1v) is 12.9. The second-order valence-corrected chi connectivity index (χ2v) is 10.3. The molecule has 4 rings (SSSR count). The molecule has 0 fully saturated rings. The van der Waals surface area contributed by atoms with Crippen molar-refractivity contribution in [2.75, 3.05) is 18.0 Å². The normalized spacial score (nSPS) is 11.2. The maximum atomic E-state index is 13.5. The van der Waals surface area contributed by atoms with Crippen LogP contribution in [-0.4, -0.2) is 37.5 Å². The Kier molecular flexibility index (Phi) is 7.61. The van der Waals surface area contributed by atoms with E-state index >= 15 is 0 Å². The Morgan fingerprint density at radius 2 is 1.69 bits per heavy atom. The first kappa shape index (κ1) is 25.3. The Balaban J connectivity index is 1.50. The first-order valence-electron chi connectivity index (χ1n) is 11.1. The number of nitrogens with zero attached hydrogens (tertiary/aromatic N) is 3. The highest BCUT2D eigenvalue weighted by molar-refractivity contribution is 7.92. The highest BCUT2D eigenvalue weighted by Gasteiger charge is 2.27. The van der Waals surface area contributed by atoms with E-state index in [1.807, 2.05) is 42.0 Å². The van der Waals surface area contributed by atoms with Crippen molar-refractivity contribution in [3.8, 4) is 11.4 Å². The molecule has 10 heteroatoms. The number of ether oxygens (including phenoxy) is 1. The molecule has 0 aliphatic rings. The van der Waals surface area contributed by atoms with Crippen LogP contribution in [0.3, 0.4) is 0 Å². The van der Waals surface area contributed by atoms with Crippen molar-refractivity contribution in [3.63, 3.8) is 0 Å². The molecular formula is C26H25ClN4O4S. The van der Waals surface area contributed by atoms with Crippen LogP contribution in [0.25, 0.3) is 5.69 Å². The zero-order valence-electron chi connectivity index (χ0n) is 19.8. The van der Waals surface area contributed by atoms with Crippen LogP contribution >= 0.6 is 11.6 Å². The van der Waals surface area contributed by atoms with E-state index in [0.29, 0.717) is 16.5 Å². The van der Waals surface area contributed by atoms with Crippen LogP contribution in [0.4, 0.5) is 5.69 Å². The number of benzene rings is 3. The van der Waals surface area contributed by atoms with Crippen LogP contribution in [0, 0.1) is 6.92 Å². The van der Waals surface area contributed by atoms with Gasteiger partial charge in [-0.05, 0) is 73.2 Å². The van der Waals surface area contributed by atoms with Crippen LogP contribution in [0.15, 0.2) is 90.1 Å². The lowest BCUT2D eigenvalue weighted by Gasteiger charge is -2.24. The van der Waals surface area contributed by atoms with E-state index in [-0.39, 0.29) is 11.4 Å². The third-order valence-corrected chi connectivity index (χ3v) is 7.62. The van der Waals surface area contributed by atoms with E-state index < -0.39 is 22.5 Å². The molecule has 0 atom stereocenters. The minimum atomic E-state index is -4.04. The lowest BCUT2D eigenvalue weighted by molar-refractivity contribution is -0.119. The van der Waals surface area contributed by atoms with Gasteiger partial charge in [-0.15, -0.1) is 0 Å². The molecule has 186 valence electrons. The Morgan fingerprint density at radius 3 is 2.28 bits per heavy atom. The zero-order chi connectivity index (χ0) is 25.7. The molecule has 36 heavy (non-hydrogen) atoms. The van der Waals surface area contributed by atoms with Crippen molar-refractivity contribution in [3.05, 3.63) is 102 Å². The standard InChI is InChI=1S/C26H25ClN4O4S/c1-19-28-15-16-30(19)22-7-3-20(4-8-22)17-29-26(32)18-31(23-9-5-21(27)6-10-23)36(33,34)25-13-11-24(35-2)12-14-25/h3-16H,17-18H2,1-2H3,(H,29,32). The molecular weight excluding hydrogens is 500 g/mol. The number of aryl methyl sites for hydroxylation is 1. The molecule has 8 nitrogen and oxygen atoms in total. The summed E-state index contributed by atoms with van der Waals surface area (Å²) in [6, 6.07) is 20.0. The molecule has 0 radical (unpaired) electrons. The molecule has 1 aromatic heterocycles. The highest BCUT2D eigenvalue weighted by atomic mass is 35.5. The Bertz CT molecular complexity index is 1430. The molecule has 4 aromatic rings. The van der Waals surface area contributed by atoms with E-state index in [0.717, 1.165) is 21.4 Å². The maximum Gasteiger partial charge on any atom is 0.264 e. The quantitative estimate of drug-likeness (QED) is 0.351. The maximum absolute atomic E-state index is 13.5. The van der Waals surface area contributed by atoms with Gasteiger partial charge in [0.15, 0.2) is 0 Å². The van der Waals surface area contributed by atoms with Gasteiger partial charge in [0, 0.05) is 29.6 Å². The number of sulfonamides is 1. The summed E-state index contributed by atoms with van der Waals surface area (Å²) in [5.74, 6) is 0.951. The second kappa shape index (κ2) is 10.8. The third kappa shape index (κ3) is 5.69. The highest BCUT2D eigenvalue weighted by Crippen LogP contribution is 2.26. The van der Waals surface area contributed by atoms with E-state index in [4.69, 9.17) is 16.3 Å². The number of imidazole rings is 1. The summed E-state index contributed by atoms with van der Waals surface area (Å²) < 4.78 is 35.1. The smallest absolute Gasteiger partial charge is 0.264 e. The van der Waals surface area contributed by atoms with Crippen molar-refractivity contribution in [2.45, 2.75) is 18.4 Å². The SMILES string of the molecule is COc1ccc(S(=O)(=O)N(CC(=O)NCc2ccc(-n3ccnc3C)cc2)c2ccc(Cl)cc2)cc1. The van der Waals surface area contributed by atoms with Crippen LogP contribution in [0.2, 0.25) is 5.02 Å². The summed E-state index contributed by atoms with van der Waals surface area (Å²) in [5.41, 5.74) is 2.16. The molecule has 0 spiro atoms. The van der Waals surface area contributed by atoms with Crippen molar-refractivity contribution in [1.29, 1.82) is 0 Å². The fourth-order valence-electron chi connectivity index (χ4n) is 3.61. The van der Waals surface area contributed by atoms with Crippen LogP contribution in [0.5, 0.6) is 5.75 Å². The Morgan fingerprint density at radius 1 is 1.03 bits per heavy atom. The van der Waals surface area contributed by atoms with Gasteiger partial charge in [0.05, 0.1) is 17.7 Å². The topological polar surface area (TPSA) is 93.5 Å². The second-order valence-electron chi connectivity index (χ2n) is 7.95. The molecule has 3 aromatic carbocycles. The number of hydrogen-bond acceptors (Lipinski definition) is 5. The van der Waals surface area contributed by atoms with Crippen LogP contribution in [0.1, 0.15) is 11.4 Å². The first-order chi connectivity index (χ1) is 17.3. The summed E-state index contributed by atoms with van der Waals surface area (Å²) in [4.78, 5) is 17.1. The minimum Gasteiger partial charge on any atom is -0.497 e. The van der Waals surface area contributed by atoms with Gasteiger partial charge in [-0.1, -0.05) is 23.7 Å². The lowest BCUT2D eigenvalue weighted by atomic mass is 10.2. The van der Waals surface area contributed by atoms with Crippen molar-refractivity contribution in [2.24, 2.45) is 0 Å². The molecule has 0 aliphatic carbocycles. The van der Waals surface area contributed by atoms with E-state index in [1.165, 1.54) is 19.2 Å². The van der Waals surface area contributed by atoms with Gasteiger partial charge in [0.25, 0.3) is 10.0 Å². The minimum absolute atomic E-state index is 0.0384.